The number of hydrogen-bond acceptors (Lipinski definition) is 3. The predicted octanol–water partition coefficient (Wildman–Crippen LogP) is -4.01. The monoisotopic (exact) mass is 294 g/mol. The van der Waals surface area contributed by atoms with Crippen LogP contribution in [0.5, 0.6) is 0 Å². The summed E-state index contributed by atoms with van der Waals surface area (Å²) in [7, 11) is 1.46. The van der Waals surface area contributed by atoms with Gasteiger partial charge in [0.05, 0.1) is 6.42 Å². The van der Waals surface area contributed by atoms with Gasteiger partial charge in [0.15, 0.2) is 0 Å². The number of aliphatic carboxylic acids is 1. The summed E-state index contributed by atoms with van der Waals surface area (Å²) in [5, 5.41) is 10.8. The second-order valence-corrected chi connectivity index (χ2v) is 1.85. The molecule has 6 heteroatoms. The van der Waals surface area contributed by atoms with Crippen LogP contribution in [0.25, 0.3) is 0 Å². The first kappa shape index (κ1) is 18.7. The Bertz CT molecular complexity index is 152. The van der Waals surface area contributed by atoms with Crippen molar-refractivity contribution in [2.45, 2.75) is 12.5 Å². The fourth-order valence-corrected chi connectivity index (χ4v) is 0.514. The number of amides is 1. The number of carboxylic acids is 1. The number of carbonyl (C=O) groups is 2. The third-order valence-corrected chi connectivity index (χ3v) is 1.05. The van der Waals surface area contributed by atoms with Gasteiger partial charge in [-0.3, -0.25) is 9.59 Å². The molecule has 0 aliphatic rings. The minimum Gasteiger partial charge on any atom is -0.480 e. The van der Waals surface area contributed by atoms with Gasteiger partial charge in [-0.05, 0) is 7.05 Å². The van der Waals surface area contributed by atoms with E-state index in [0.717, 1.165) is 0 Å². The molecule has 0 aromatic heterocycles. The van der Waals surface area contributed by atoms with E-state index in [2.05, 4.69) is 5.32 Å². The third kappa shape index (κ3) is 9.04. The van der Waals surface area contributed by atoms with Crippen molar-refractivity contribution in [2.24, 2.45) is 5.73 Å². The van der Waals surface area contributed by atoms with Gasteiger partial charge in [0, 0.05) is 0 Å². The van der Waals surface area contributed by atoms with Crippen molar-refractivity contribution in [3.05, 3.63) is 7.43 Å². The second kappa shape index (κ2) is 10.0. The minimum absolute atomic E-state index is 0. The van der Waals surface area contributed by atoms with Crippen molar-refractivity contribution in [3.8, 4) is 0 Å². The van der Waals surface area contributed by atoms with E-state index in [9.17, 15) is 9.59 Å². The van der Waals surface area contributed by atoms with Crippen LogP contribution in [0, 0.1) is 7.43 Å². The molecule has 0 fully saturated rings. The van der Waals surface area contributed by atoms with Gasteiger partial charge in [-0.15, -0.1) is 0 Å². The van der Waals surface area contributed by atoms with E-state index in [4.69, 9.17) is 10.8 Å². The summed E-state index contributed by atoms with van der Waals surface area (Å²) in [6, 6.07) is -0.863. The first-order chi connectivity index (χ1) is 4.57. The fraction of sp³-hybridized carbons (Fsp3) is 0.500. The maximum absolute atomic E-state index is 10.2. The molecule has 0 aliphatic carbocycles. The summed E-state index contributed by atoms with van der Waals surface area (Å²) in [5.41, 5.74) is 4.76. The zero-order chi connectivity index (χ0) is 8.15. The average molecular weight is 294 g/mol. The van der Waals surface area contributed by atoms with Crippen LogP contribution >= 0.6 is 0 Å². The number of carboxylic acid groups (broad SMARTS) is 1. The second-order valence-electron chi connectivity index (χ2n) is 1.85. The molecule has 0 rings (SSSR count). The van der Waals surface area contributed by atoms with E-state index in [0.29, 0.717) is 0 Å². The molecule has 0 bridgehead atoms. The molecule has 1 atom stereocenters. The molecule has 0 radical (unpaired) electrons. The third-order valence-electron chi connectivity index (χ3n) is 1.05. The van der Waals surface area contributed by atoms with Crippen LogP contribution < -0.4 is 79.9 Å². The van der Waals surface area contributed by atoms with Gasteiger partial charge < -0.3 is 23.6 Å². The molecule has 5 nitrogen and oxygen atoms in total. The standard InChI is InChI=1S/C5H10N2O3.CH3.Cs/c1-7-3(5(9)10)2-4(6)8;;/h3,7H,2H2,1H3,(H2,6,8)(H,9,10);1H3;/q;-1;+1. The molecule has 0 spiro atoms. The molecule has 0 saturated carbocycles. The summed E-state index contributed by atoms with van der Waals surface area (Å²) in [4.78, 5) is 20.4. The summed E-state index contributed by atoms with van der Waals surface area (Å²) >= 11 is 0. The Morgan fingerprint density at radius 1 is 1.58 bits per heavy atom. The number of nitrogens with two attached hydrogens (primary N) is 1. The van der Waals surface area contributed by atoms with E-state index < -0.39 is 17.9 Å². The van der Waals surface area contributed by atoms with Gasteiger partial charge in [-0.25, -0.2) is 0 Å². The van der Waals surface area contributed by atoms with E-state index in [1.54, 1.807) is 0 Å². The Morgan fingerprint density at radius 2 is 2.00 bits per heavy atom. The number of nitrogens with one attached hydrogen (secondary N) is 1. The number of hydrogen-bond donors (Lipinski definition) is 3. The molecule has 0 aliphatic heterocycles. The zero-order valence-electron chi connectivity index (χ0n) is 7.63. The number of primary amides is 1. The molecule has 0 aromatic rings. The van der Waals surface area contributed by atoms with Crippen molar-refractivity contribution < 1.29 is 83.6 Å². The molecule has 66 valence electrons. The van der Waals surface area contributed by atoms with Crippen molar-refractivity contribution in [3.63, 3.8) is 0 Å². The molecule has 0 saturated heterocycles. The summed E-state index contributed by atoms with van der Waals surface area (Å²) in [6.07, 6.45) is -0.175. The Labute approximate surface area is 131 Å². The SMILES string of the molecule is CNC(CC(N)=O)C(=O)O.[CH3-].[Cs+]. The largest absolute Gasteiger partial charge is 1.00 e. The van der Waals surface area contributed by atoms with E-state index >= 15 is 0 Å². The van der Waals surface area contributed by atoms with E-state index in [1.807, 2.05) is 0 Å². The maximum Gasteiger partial charge on any atom is 1.00 e. The fourth-order valence-electron chi connectivity index (χ4n) is 0.514. The van der Waals surface area contributed by atoms with Gasteiger partial charge in [-0.2, -0.15) is 0 Å². The number of carbonyl (C=O) groups excluding carboxylic acids is 1. The van der Waals surface area contributed by atoms with Crippen LogP contribution in [-0.4, -0.2) is 30.1 Å². The van der Waals surface area contributed by atoms with E-state index in [-0.39, 0.29) is 82.7 Å². The van der Waals surface area contributed by atoms with Crippen LogP contribution in [-0.2, 0) is 9.59 Å². The molecular weight excluding hydrogens is 281 g/mol. The van der Waals surface area contributed by atoms with Crippen LogP contribution in [0.3, 0.4) is 0 Å². The molecule has 0 aromatic carbocycles. The van der Waals surface area contributed by atoms with Crippen molar-refractivity contribution in [1.29, 1.82) is 0 Å². The van der Waals surface area contributed by atoms with Crippen LogP contribution in [0.1, 0.15) is 6.42 Å². The molecule has 1 unspecified atom stereocenters. The number of rotatable bonds is 4. The van der Waals surface area contributed by atoms with E-state index in [1.165, 1.54) is 7.05 Å². The normalized spacial score (nSPS) is 10.4. The van der Waals surface area contributed by atoms with Crippen LogP contribution in [0.15, 0.2) is 0 Å². The van der Waals surface area contributed by atoms with Gasteiger partial charge in [-0.1, -0.05) is 0 Å². The summed E-state index contributed by atoms with van der Waals surface area (Å²) in [5.74, 6) is -1.69. The first-order valence-corrected chi connectivity index (χ1v) is 2.76. The molecule has 0 heterocycles. The molecule has 1 amide bonds. The number of likely N-dealkylation sites (N-methyl/N-ethyl adjacent to an activating group) is 1. The average Bonchev–Trinajstić information content (AvgIpc) is 1.81. The summed E-state index contributed by atoms with van der Waals surface area (Å²) < 4.78 is 0. The van der Waals surface area contributed by atoms with Crippen LogP contribution in [0.4, 0.5) is 0 Å². The zero-order valence-corrected chi connectivity index (χ0v) is 13.9. The van der Waals surface area contributed by atoms with Gasteiger partial charge in [0.25, 0.3) is 0 Å². The summed E-state index contributed by atoms with van der Waals surface area (Å²) in [6.45, 7) is 0. The van der Waals surface area contributed by atoms with Gasteiger partial charge >= 0.3 is 74.9 Å². The van der Waals surface area contributed by atoms with Crippen molar-refractivity contribution in [2.75, 3.05) is 7.05 Å². The molecule has 12 heavy (non-hydrogen) atoms. The smallest absolute Gasteiger partial charge is 0.480 e. The Morgan fingerprint density at radius 3 is 2.08 bits per heavy atom. The Balaban J connectivity index is -0.000000405. The topological polar surface area (TPSA) is 92.4 Å². The van der Waals surface area contributed by atoms with Crippen LogP contribution in [0.2, 0.25) is 0 Å². The predicted molar refractivity (Wildman–Crippen MR) is 40.7 cm³/mol. The minimum atomic E-state index is -1.07. The quantitative estimate of drug-likeness (QED) is 0.461. The first-order valence-electron chi connectivity index (χ1n) is 2.76. The molecular formula is C6H13CsN2O3. The van der Waals surface area contributed by atoms with Gasteiger partial charge in [0.1, 0.15) is 6.04 Å². The van der Waals surface area contributed by atoms with Gasteiger partial charge in [0.2, 0.25) is 5.91 Å². The van der Waals surface area contributed by atoms with Crippen molar-refractivity contribution in [1.82, 2.24) is 5.32 Å². The Hall–Kier alpha value is 0.952. The Kier molecular flexibility index (Phi) is 15.6. The van der Waals surface area contributed by atoms with Crippen molar-refractivity contribution >= 4 is 11.9 Å². The molecule has 4 N–H and O–H groups in total. The maximum atomic E-state index is 10.2.